The summed E-state index contributed by atoms with van der Waals surface area (Å²) in [6.07, 6.45) is 5.64. The van der Waals surface area contributed by atoms with Crippen molar-refractivity contribution in [3.05, 3.63) is 290 Å². The Morgan fingerprint density at radius 1 is 0.276 bits per heavy atom. The van der Waals surface area contributed by atoms with Crippen LogP contribution < -0.4 is 9.80 Å². The van der Waals surface area contributed by atoms with Crippen LogP contribution in [0, 0.1) is 0 Å². The zero-order valence-corrected chi connectivity index (χ0v) is 41.8. The summed E-state index contributed by atoms with van der Waals surface area (Å²) < 4.78 is 0. The fourth-order valence-corrected chi connectivity index (χ4v) is 12.2. The molecule has 14 aromatic rings. The topological polar surface area (TPSA) is 6.48 Å². The molecule has 0 aliphatic heterocycles. The number of rotatable bonds is 8. The van der Waals surface area contributed by atoms with Gasteiger partial charge in [-0.15, -0.1) is 0 Å². The Kier molecular flexibility index (Phi) is 10.4. The van der Waals surface area contributed by atoms with Gasteiger partial charge in [-0.3, -0.25) is 0 Å². The Morgan fingerprint density at radius 3 is 1.16 bits per heavy atom. The second kappa shape index (κ2) is 18.0. The molecule has 1 atom stereocenters. The first-order valence-corrected chi connectivity index (χ1v) is 26.5. The average Bonchev–Trinajstić information content (AvgIpc) is 3.61. The Morgan fingerprint density at radius 2 is 0.645 bits per heavy atom. The molecule has 0 spiro atoms. The molecule has 0 N–H and O–H groups in total. The largest absolute Gasteiger partial charge is 0.333 e. The predicted octanol–water partition coefficient (Wildman–Crippen LogP) is 20.3. The highest BCUT2D eigenvalue weighted by atomic mass is 15.2. The molecule has 356 valence electrons. The van der Waals surface area contributed by atoms with Gasteiger partial charge in [0.2, 0.25) is 0 Å². The van der Waals surface area contributed by atoms with Gasteiger partial charge in [-0.1, -0.05) is 224 Å². The van der Waals surface area contributed by atoms with Gasteiger partial charge >= 0.3 is 0 Å². The van der Waals surface area contributed by atoms with E-state index >= 15 is 0 Å². The van der Waals surface area contributed by atoms with Crippen LogP contribution in [0.5, 0.6) is 0 Å². The minimum absolute atomic E-state index is 0.00474. The molecule has 0 aromatic heterocycles. The fourth-order valence-electron chi connectivity index (χ4n) is 12.2. The Balaban J connectivity index is 1.10. The van der Waals surface area contributed by atoms with Crippen molar-refractivity contribution >= 4 is 110 Å². The monoisotopic (exact) mass is 966 g/mol. The van der Waals surface area contributed by atoms with Crippen molar-refractivity contribution in [1.29, 1.82) is 0 Å². The highest BCUT2D eigenvalue weighted by Crippen LogP contribution is 2.53. The minimum Gasteiger partial charge on any atom is -0.333 e. The van der Waals surface area contributed by atoms with Crippen LogP contribution in [0.1, 0.15) is 11.1 Å². The van der Waals surface area contributed by atoms with Crippen molar-refractivity contribution in [3.63, 3.8) is 0 Å². The van der Waals surface area contributed by atoms with Gasteiger partial charge in [0, 0.05) is 38.6 Å². The SMILES string of the molecule is C1=CC(N(c2ccc3ccccc3c2)c2c3ccc(-c4ccc5ccccc5c4)cc3c(N(c3ccc4ccccc4c3)c3ccc4ccccc4c3)c3ccc(-c4ccc5ccccc5c4)cc23)Cc2ccccc21. The second-order valence-electron chi connectivity index (χ2n) is 20.5. The van der Waals surface area contributed by atoms with E-state index < -0.39 is 0 Å². The number of fused-ring (bicyclic) bond motifs is 8. The standard InChI is InChI=1S/C74H50N2/c1-7-19-55-41-61(27-25-49(55)13-1)63-33-39-69-71(47-63)73(75(65-35-29-51-15-3-9-21-57(51)43-65)66-36-30-52-16-4-10-22-58(52)44-66)70-40-34-64(62-28-26-50-14-2-8-20-56(50)42-62)48-72(70)74(69)76(67-37-31-53-17-5-11-23-59(53)45-67)68-38-32-54-18-6-12-24-60(54)46-68/h1-45,47-48,68H,46H2. The van der Waals surface area contributed by atoms with Gasteiger partial charge in [-0.25, -0.2) is 0 Å². The Bertz CT molecular complexity index is 4580. The maximum atomic E-state index is 2.67. The maximum absolute atomic E-state index is 2.67. The molecule has 0 fully saturated rings. The van der Waals surface area contributed by atoms with Crippen molar-refractivity contribution in [2.75, 3.05) is 9.80 Å². The highest BCUT2D eigenvalue weighted by Gasteiger charge is 2.30. The van der Waals surface area contributed by atoms with Crippen LogP contribution >= 0.6 is 0 Å². The molecule has 1 aliphatic rings. The highest BCUT2D eigenvalue weighted by molar-refractivity contribution is 6.24. The summed E-state index contributed by atoms with van der Waals surface area (Å²) >= 11 is 0. The zero-order chi connectivity index (χ0) is 50.1. The molecule has 0 bridgehead atoms. The lowest BCUT2D eigenvalue weighted by molar-refractivity contribution is 0.771. The maximum Gasteiger partial charge on any atom is 0.0620 e. The van der Waals surface area contributed by atoms with Crippen LogP contribution in [0.15, 0.2) is 279 Å². The second-order valence-corrected chi connectivity index (χ2v) is 20.5. The number of anilines is 5. The summed E-state index contributed by atoms with van der Waals surface area (Å²) in [5.74, 6) is 0. The van der Waals surface area contributed by atoms with E-state index in [-0.39, 0.29) is 6.04 Å². The fraction of sp³-hybridized carbons (Fsp3) is 0.0270. The molecule has 0 amide bonds. The molecule has 2 nitrogen and oxygen atoms in total. The summed E-state index contributed by atoms with van der Waals surface area (Å²) in [6, 6.07) is 102. The molecule has 76 heavy (non-hydrogen) atoms. The third kappa shape index (κ3) is 7.57. The zero-order valence-electron chi connectivity index (χ0n) is 41.8. The van der Waals surface area contributed by atoms with Crippen LogP contribution in [0.4, 0.5) is 28.4 Å². The third-order valence-corrected chi connectivity index (χ3v) is 16.0. The quantitative estimate of drug-likeness (QED) is 0.111. The van der Waals surface area contributed by atoms with E-state index in [2.05, 4.69) is 295 Å². The molecule has 0 radical (unpaired) electrons. The van der Waals surface area contributed by atoms with Gasteiger partial charge in [0.25, 0.3) is 0 Å². The van der Waals surface area contributed by atoms with E-state index in [1.54, 1.807) is 0 Å². The normalized spacial score (nSPS) is 13.3. The summed E-state index contributed by atoms with van der Waals surface area (Å²) in [4.78, 5) is 5.22. The van der Waals surface area contributed by atoms with E-state index in [0.29, 0.717) is 0 Å². The van der Waals surface area contributed by atoms with Gasteiger partial charge in [0.05, 0.1) is 17.4 Å². The third-order valence-electron chi connectivity index (χ3n) is 16.0. The summed E-state index contributed by atoms with van der Waals surface area (Å²) in [5.41, 5.74) is 13.0. The van der Waals surface area contributed by atoms with E-state index in [1.165, 1.54) is 109 Å². The molecule has 1 aliphatic carbocycles. The predicted molar refractivity (Wildman–Crippen MR) is 326 cm³/mol. The van der Waals surface area contributed by atoms with Crippen molar-refractivity contribution < 1.29 is 0 Å². The molecule has 0 saturated heterocycles. The first-order valence-electron chi connectivity index (χ1n) is 26.5. The molecular weight excluding hydrogens is 917 g/mol. The smallest absolute Gasteiger partial charge is 0.0620 e. The lowest BCUT2D eigenvalue weighted by atomic mass is 9.88. The molecule has 14 aromatic carbocycles. The lowest BCUT2D eigenvalue weighted by Crippen LogP contribution is -2.33. The Labute approximate surface area is 442 Å². The lowest BCUT2D eigenvalue weighted by Gasteiger charge is -2.38. The van der Waals surface area contributed by atoms with E-state index in [1.807, 2.05) is 0 Å². The van der Waals surface area contributed by atoms with Crippen molar-refractivity contribution in [2.24, 2.45) is 0 Å². The molecule has 15 rings (SSSR count). The average molecular weight is 967 g/mol. The van der Waals surface area contributed by atoms with Crippen LogP contribution in [-0.2, 0) is 6.42 Å². The van der Waals surface area contributed by atoms with Gasteiger partial charge in [0.15, 0.2) is 0 Å². The number of benzene rings is 14. The molecule has 1 unspecified atom stereocenters. The first kappa shape index (κ1) is 43.8. The van der Waals surface area contributed by atoms with Crippen molar-refractivity contribution in [2.45, 2.75) is 12.5 Å². The molecule has 0 heterocycles. The summed E-state index contributed by atoms with van der Waals surface area (Å²) in [6.45, 7) is 0. The van der Waals surface area contributed by atoms with Crippen LogP contribution in [0.25, 0.3) is 104 Å². The molecular formula is C74H50N2. The van der Waals surface area contributed by atoms with E-state index in [0.717, 1.165) is 34.6 Å². The van der Waals surface area contributed by atoms with Gasteiger partial charge < -0.3 is 9.80 Å². The molecule has 0 saturated carbocycles. The van der Waals surface area contributed by atoms with E-state index in [4.69, 9.17) is 0 Å². The van der Waals surface area contributed by atoms with Gasteiger partial charge in [-0.2, -0.15) is 0 Å². The Hall–Kier alpha value is -9.76. The van der Waals surface area contributed by atoms with Gasteiger partial charge in [-0.05, 0) is 154 Å². The van der Waals surface area contributed by atoms with Crippen molar-refractivity contribution in [1.82, 2.24) is 0 Å². The minimum atomic E-state index is -0.00474. The number of hydrogen-bond donors (Lipinski definition) is 0. The van der Waals surface area contributed by atoms with Crippen LogP contribution in [0.2, 0.25) is 0 Å². The number of hydrogen-bond acceptors (Lipinski definition) is 2. The molecule has 2 heteroatoms. The summed E-state index contributed by atoms with van der Waals surface area (Å²) in [5, 5.41) is 16.8. The van der Waals surface area contributed by atoms with Gasteiger partial charge in [0.1, 0.15) is 0 Å². The van der Waals surface area contributed by atoms with Crippen molar-refractivity contribution in [3.8, 4) is 22.3 Å². The summed E-state index contributed by atoms with van der Waals surface area (Å²) in [7, 11) is 0. The first-order chi connectivity index (χ1) is 37.6. The number of nitrogens with zero attached hydrogens (tertiary/aromatic N) is 2. The van der Waals surface area contributed by atoms with E-state index in [9.17, 15) is 0 Å². The van der Waals surface area contributed by atoms with Crippen LogP contribution in [0.3, 0.4) is 0 Å². The van der Waals surface area contributed by atoms with Crippen LogP contribution in [-0.4, -0.2) is 6.04 Å².